The second-order valence-corrected chi connectivity index (χ2v) is 8.96. The van der Waals surface area contributed by atoms with E-state index < -0.39 is 21.5 Å². The van der Waals surface area contributed by atoms with Gasteiger partial charge in [-0.3, -0.25) is 4.79 Å². The lowest BCUT2D eigenvalue weighted by Crippen LogP contribution is -2.32. The van der Waals surface area contributed by atoms with Gasteiger partial charge in [0.05, 0.1) is 24.0 Å². The van der Waals surface area contributed by atoms with Crippen molar-refractivity contribution in [3.8, 4) is 0 Å². The summed E-state index contributed by atoms with van der Waals surface area (Å²) >= 11 is 0. The van der Waals surface area contributed by atoms with E-state index in [1.54, 1.807) is 31.2 Å². The number of Topliss-reactive ketones (excluding diaryl/α,β-unsaturated/α-hetero) is 1. The summed E-state index contributed by atoms with van der Waals surface area (Å²) in [5, 5.41) is 4.26. The Hall–Kier alpha value is -2.51. The highest BCUT2D eigenvalue weighted by molar-refractivity contribution is 7.89. The fourth-order valence-corrected chi connectivity index (χ4v) is 4.38. The molecule has 2 aromatic carbocycles. The number of ketones is 1. The van der Waals surface area contributed by atoms with E-state index in [-0.39, 0.29) is 22.9 Å². The molecule has 1 fully saturated rings. The molecule has 2 aromatic rings. The van der Waals surface area contributed by atoms with Crippen LogP contribution in [0.4, 0.5) is 0 Å². The van der Waals surface area contributed by atoms with Crippen LogP contribution in [0.5, 0.6) is 0 Å². The summed E-state index contributed by atoms with van der Waals surface area (Å²) in [6, 6.07) is 16.0. The van der Waals surface area contributed by atoms with Crippen molar-refractivity contribution in [3.05, 3.63) is 65.7 Å². The standard InChI is InChI=1S/C20H20N2O4S/c1-14-8-10-16(11-9-14)27(24,25)22-12-17(15-6-4-3-5-7-15)18(21-22)19(23)20(2)13-26-20/h3-11,17H,12-13H2,1-2H3/t17-,20-/m1/s1. The first-order valence-electron chi connectivity index (χ1n) is 8.73. The van der Waals surface area contributed by atoms with Crippen LogP contribution in [0.15, 0.2) is 64.6 Å². The van der Waals surface area contributed by atoms with Crippen molar-refractivity contribution in [2.45, 2.75) is 30.3 Å². The van der Waals surface area contributed by atoms with Gasteiger partial charge in [0, 0.05) is 0 Å². The van der Waals surface area contributed by atoms with Crippen molar-refractivity contribution < 1.29 is 17.9 Å². The van der Waals surface area contributed by atoms with Gasteiger partial charge in [-0.05, 0) is 31.5 Å². The Bertz CT molecular complexity index is 1010. The van der Waals surface area contributed by atoms with Gasteiger partial charge >= 0.3 is 0 Å². The maximum atomic E-state index is 13.0. The highest BCUT2D eigenvalue weighted by atomic mass is 32.2. The molecule has 0 aliphatic carbocycles. The summed E-state index contributed by atoms with van der Waals surface area (Å²) in [5.74, 6) is -0.669. The molecule has 2 atom stereocenters. The van der Waals surface area contributed by atoms with Crippen LogP contribution in [0, 0.1) is 6.92 Å². The second kappa shape index (κ2) is 6.28. The minimum Gasteiger partial charge on any atom is -0.361 e. The molecule has 2 aliphatic rings. The summed E-state index contributed by atoms with van der Waals surface area (Å²) in [6.07, 6.45) is 0. The van der Waals surface area contributed by atoms with Gasteiger partial charge in [0.25, 0.3) is 10.0 Å². The lowest BCUT2D eigenvalue weighted by atomic mass is 9.89. The summed E-state index contributed by atoms with van der Waals surface area (Å²) in [5.41, 5.74) is 1.17. The van der Waals surface area contributed by atoms with E-state index >= 15 is 0 Å². The van der Waals surface area contributed by atoms with E-state index in [1.807, 2.05) is 37.3 Å². The normalized spacial score (nSPS) is 24.6. The zero-order chi connectivity index (χ0) is 19.2. The zero-order valence-electron chi connectivity index (χ0n) is 15.1. The molecular formula is C20H20N2O4S. The molecule has 6 nitrogen and oxygen atoms in total. The van der Waals surface area contributed by atoms with Crippen molar-refractivity contribution in [1.82, 2.24) is 4.41 Å². The van der Waals surface area contributed by atoms with E-state index in [0.29, 0.717) is 6.61 Å². The Morgan fingerprint density at radius 2 is 1.78 bits per heavy atom. The molecule has 0 N–H and O–H groups in total. The average Bonchev–Trinajstić information content (AvgIpc) is 3.26. The van der Waals surface area contributed by atoms with Crippen molar-refractivity contribution in [2.75, 3.05) is 13.2 Å². The maximum absolute atomic E-state index is 13.0. The lowest BCUT2D eigenvalue weighted by Gasteiger charge is -2.17. The van der Waals surface area contributed by atoms with Crippen LogP contribution in [0.25, 0.3) is 0 Å². The molecule has 2 aliphatic heterocycles. The minimum absolute atomic E-state index is 0.0946. The van der Waals surface area contributed by atoms with Gasteiger partial charge in [0.2, 0.25) is 5.78 Å². The van der Waals surface area contributed by atoms with E-state index in [9.17, 15) is 13.2 Å². The Balaban J connectivity index is 1.73. The van der Waals surface area contributed by atoms with Gasteiger partial charge in [-0.15, -0.1) is 0 Å². The molecule has 0 radical (unpaired) electrons. The molecule has 0 spiro atoms. The molecule has 1 saturated heterocycles. The Labute approximate surface area is 158 Å². The van der Waals surface area contributed by atoms with Crippen molar-refractivity contribution in [1.29, 1.82) is 0 Å². The molecule has 27 heavy (non-hydrogen) atoms. The predicted octanol–water partition coefficient (Wildman–Crippen LogP) is 2.50. The molecule has 4 rings (SSSR count). The molecule has 0 amide bonds. The number of aryl methyl sites for hydroxylation is 1. The number of hydrogen-bond acceptors (Lipinski definition) is 5. The molecule has 140 valence electrons. The largest absolute Gasteiger partial charge is 0.361 e. The summed E-state index contributed by atoms with van der Waals surface area (Å²) < 4.78 is 32.4. The number of nitrogens with zero attached hydrogens (tertiary/aromatic N) is 2. The topological polar surface area (TPSA) is 79.3 Å². The summed E-state index contributed by atoms with van der Waals surface area (Å²) in [7, 11) is -3.84. The second-order valence-electron chi connectivity index (χ2n) is 7.12. The number of carbonyl (C=O) groups excluding carboxylic acids is 1. The predicted molar refractivity (Wildman–Crippen MR) is 101 cm³/mol. The number of hydrazone groups is 1. The van der Waals surface area contributed by atoms with Crippen LogP contribution < -0.4 is 0 Å². The highest BCUT2D eigenvalue weighted by Gasteiger charge is 2.52. The van der Waals surface area contributed by atoms with Crippen LogP contribution >= 0.6 is 0 Å². The molecular weight excluding hydrogens is 364 g/mol. The van der Waals surface area contributed by atoms with Crippen LogP contribution in [-0.4, -0.2) is 43.1 Å². The third-order valence-corrected chi connectivity index (χ3v) is 6.63. The van der Waals surface area contributed by atoms with Crippen molar-refractivity contribution >= 4 is 21.5 Å². The third kappa shape index (κ3) is 3.17. The van der Waals surface area contributed by atoms with E-state index in [4.69, 9.17) is 4.74 Å². The molecule has 0 saturated carbocycles. The van der Waals surface area contributed by atoms with Gasteiger partial charge in [0.1, 0.15) is 5.71 Å². The van der Waals surface area contributed by atoms with Gasteiger partial charge in [-0.2, -0.15) is 17.9 Å². The smallest absolute Gasteiger partial charge is 0.279 e. The Kier molecular flexibility index (Phi) is 4.16. The number of benzene rings is 2. The summed E-state index contributed by atoms with van der Waals surface area (Å²) in [4.78, 5) is 13.0. The lowest BCUT2D eigenvalue weighted by molar-refractivity contribution is -0.117. The minimum atomic E-state index is -3.84. The first-order chi connectivity index (χ1) is 12.8. The first kappa shape index (κ1) is 17.9. The monoisotopic (exact) mass is 384 g/mol. The Morgan fingerprint density at radius 1 is 1.15 bits per heavy atom. The van der Waals surface area contributed by atoms with E-state index in [0.717, 1.165) is 15.5 Å². The van der Waals surface area contributed by atoms with E-state index in [2.05, 4.69) is 5.10 Å². The highest BCUT2D eigenvalue weighted by Crippen LogP contribution is 2.35. The molecule has 0 unspecified atom stereocenters. The summed E-state index contributed by atoms with van der Waals surface area (Å²) in [6.45, 7) is 4.02. The molecule has 0 aromatic heterocycles. The number of epoxide rings is 1. The fourth-order valence-electron chi connectivity index (χ4n) is 3.12. The van der Waals surface area contributed by atoms with Crippen LogP contribution in [0.1, 0.15) is 24.0 Å². The van der Waals surface area contributed by atoms with Crippen LogP contribution in [0.3, 0.4) is 0 Å². The Morgan fingerprint density at radius 3 is 2.37 bits per heavy atom. The zero-order valence-corrected chi connectivity index (χ0v) is 15.9. The maximum Gasteiger partial charge on any atom is 0.279 e. The van der Waals surface area contributed by atoms with Crippen molar-refractivity contribution in [3.63, 3.8) is 0 Å². The van der Waals surface area contributed by atoms with Gasteiger partial charge in [-0.25, -0.2) is 0 Å². The number of ether oxygens (including phenoxy) is 1. The van der Waals surface area contributed by atoms with Gasteiger partial charge < -0.3 is 4.74 Å². The molecule has 0 bridgehead atoms. The van der Waals surface area contributed by atoms with Crippen LogP contribution in [0.2, 0.25) is 0 Å². The molecule has 2 heterocycles. The van der Waals surface area contributed by atoms with Gasteiger partial charge in [-0.1, -0.05) is 48.0 Å². The number of sulfonamides is 1. The SMILES string of the molecule is Cc1ccc(S(=O)(=O)N2C[C@H](c3ccccc3)C(C(=O)[C@@]3(C)CO3)=N2)cc1. The number of rotatable bonds is 5. The third-order valence-electron chi connectivity index (χ3n) is 4.98. The number of hydrogen-bond donors (Lipinski definition) is 0. The van der Waals surface area contributed by atoms with Gasteiger partial charge in [0.15, 0.2) is 5.60 Å². The fraction of sp³-hybridized carbons (Fsp3) is 0.300. The number of carbonyl (C=O) groups is 1. The molecule has 7 heteroatoms. The average molecular weight is 384 g/mol. The van der Waals surface area contributed by atoms with Crippen molar-refractivity contribution in [2.24, 2.45) is 5.10 Å². The quantitative estimate of drug-likeness (QED) is 0.742. The first-order valence-corrected chi connectivity index (χ1v) is 10.2. The van der Waals surface area contributed by atoms with E-state index in [1.165, 1.54) is 0 Å². The van der Waals surface area contributed by atoms with Crippen LogP contribution in [-0.2, 0) is 19.6 Å².